The van der Waals surface area contributed by atoms with Crippen molar-refractivity contribution in [2.75, 3.05) is 13.1 Å². The Kier molecular flexibility index (Phi) is 11.8. The number of carboxylic acid groups (broad SMARTS) is 1. The first-order chi connectivity index (χ1) is 17.2. The fourth-order valence-corrected chi connectivity index (χ4v) is 3.51. The van der Waals surface area contributed by atoms with Crippen LogP contribution in [0, 0.1) is 0 Å². The first-order valence-electron chi connectivity index (χ1n) is 11.8. The molecule has 1 aliphatic rings. The highest BCUT2D eigenvalue weighted by Gasteiger charge is 2.20. The van der Waals surface area contributed by atoms with Crippen molar-refractivity contribution in [3.63, 3.8) is 0 Å². The molecule has 2 rings (SSSR count). The van der Waals surface area contributed by atoms with Crippen LogP contribution >= 0.6 is 0 Å². The van der Waals surface area contributed by atoms with Gasteiger partial charge in [-0.3, -0.25) is 24.0 Å². The van der Waals surface area contributed by atoms with Crippen LogP contribution < -0.4 is 16.0 Å². The molecule has 0 saturated heterocycles. The highest BCUT2D eigenvalue weighted by atomic mass is 16.4. The van der Waals surface area contributed by atoms with E-state index in [0.717, 1.165) is 24.8 Å². The highest BCUT2D eigenvalue weighted by Crippen LogP contribution is 2.15. The number of ketones is 2. The van der Waals surface area contributed by atoms with E-state index in [-0.39, 0.29) is 36.9 Å². The highest BCUT2D eigenvalue weighted by molar-refractivity contribution is 6.17. The predicted octanol–water partition coefficient (Wildman–Crippen LogP) is 1.01. The number of rotatable bonds is 15. The minimum absolute atomic E-state index is 0.110. The van der Waals surface area contributed by atoms with Gasteiger partial charge in [0.05, 0.1) is 13.1 Å². The van der Waals surface area contributed by atoms with Crippen molar-refractivity contribution in [2.45, 2.75) is 51.0 Å². The van der Waals surface area contributed by atoms with Crippen LogP contribution in [-0.4, -0.2) is 59.5 Å². The summed E-state index contributed by atoms with van der Waals surface area (Å²) in [5.41, 5.74) is 1.26. The Bertz CT molecular complexity index is 1030. The third-order valence-electron chi connectivity index (χ3n) is 5.44. The standard InChI is InChI=1S/C26H31N3O7/c30-20-12-13-22(31)19(15-20)10-6-1-2-7-11-23(32)27-16-24(33)28-17-25(34)29-21(26(35)36)14-18-8-4-3-5-9-18/h3-5,8-9,12-13,15,21H,1-2,6-7,10-11,14,16-17H2,(H,27,32)(H,28,33)(H,29,34)(H,35,36)/t21-/m0/s1. The number of carbonyl (C=O) groups excluding carboxylic acids is 5. The van der Waals surface area contributed by atoms with E-state index in [9.17, 15) is 33.9 Å². The van der Waals surface area contributed by atoms with Crippen molar-refractivity contribution in [3.8, 4) is 0 Å². The molecule has 10 nitrogen and oxygen atoms in total. The van der Waals surface area contributed by atoms with Crippen LogP contribution in [0.2, 0.25) is 0 Å². The van der Waals surface area contributed by atoms with Gasteiger partial charge in [0.25, 0.3) is 0 Å². The van der Waals surface area contributed by atoms with E-state index >= 15 is 0 Å². The van der Waals surface area contributed by atoms with Crippen molar-refractivity contribution < 1.29 is 33.9 Å². The second-order valence-electron chi connectivity index (χ2n) is 8.39. The number of carboxylic acids is 1. The molecule has 0 aromatic heterocycles. The molecule has 4 N–H and O–H groups in total. The van der Waals surface area contributed by atoms with Crippen molar-refractivity contribution in [1.29, 1.82) is 0 Å². The zero-order chi connectivity index (χ0) is 26.3. The molecule has 1 aliphatic carbocycles. The summed E-state index contributed by atoms with van der Waals surface area (Å²) in [5, 5.41) is 16.5. The minimum Gasteiger partial charge on any atom is -0.480 e. The van der Waals surface area contributed by atoms with Gasteiger partial charge in [0.2, 0.25) is 17.7 Å². The Morgan fingerprint density at radius 1 is 0.806 bits per heavy atom. The summed E-state index contributed by atoms with van der Waals surface area (Å²) in [4.78, 5) is 70.2. The summed E-state index contributed by atoms with van der Waals surface area (Å²) in [7, 11) is 0. The number of carbonyl (C=O) groups is 6. The maximum atomic E-state index is 12.0. The van der Waals surface area contributed by atoms with Crippen LogP contribution in [0.15, 0.2) is 54.1 Å². The number of allylic oxidation sites excluding steroid dienone is 4. The second-order valence-corrected chi connectivity index (χ2v) is 8.39. The Hall–Kier alpha value is -4.08. The summed E-state index contributed by atoms with van der Waals surface area (Å²) in [6, 6.07) is 7.72. The van der Waals surface area contributed by atoms with E-state index in [1.165, 1.54) is 18.2 Å². The molecule has 10 heteroatoms. The third-order valence-corrected chi connectivity index (χ3v) is 5.44. The molecule has 0 aliphatic heterocycles. The number of benzene rings is 1. The largest absolute Gasteiger partial charge is 0.480 e. The predicted molar refractivity (Wildman–Crippen MR) is 131 cm³/mol. The molecule has 36 heavy (non-hydrogen) atoms. The van der Waals surface area contributed by atoms with Crippen molar-refractivity contribution in [1.82, 2.24) is 16.0 Å². The number of hydrogen-bond acceptors (Lipinski definition) is 6. The number of unbranched alkanes of at least 4 members (excludes halogenated alkanes) is 3. The first-order valence-corrected chi connectivity index (χ1v) is 11.8. The summed E-state index contributed by atoms with van der Waals surface area (Å²) in [6.07, 6.45) is 7.67. The molecule has 1 aromatic rings. The molecule has 0 saturated carbocycles. The van der Waals surface area contributed by atoms with Gasteiger partial charge in [-0.2, -0.15) is 0 Å². The van der Waals surface area contributed by atoms with Gasteiger partial charge in [0.1, 0.15) is 6.04 Å². The van der Waals surface area contributed by atoms with Crippen molar-refractivity contribution in [2.24, 2.45) is 0 Å². The fourth-order valence-electron chi connectivity index (χ4n) is 3.51. The summed E-state index contributed by atoms with van der Waals surface area (Å²) < 4.78 is 0. The van der Waals surface area contributed by atoms with Gasteiger partial charge in [-0.15, -0.1) is 0 Å². The number of nitrogens with one attached hydrogen (secondary N) is 3. The van der Waals surface area contributed by atoms with Gasteiger partial charge in [-0.1, -0.05) is 43.2 Å². The lowest BCUT2D eigenvalue weighted by molar-refractivity contribution is -0.141. The van der Waals surface area contributed by atoms with Gasteiger partial charge >= 0.3 is 5.97 Å². The number of amides is 3. The van der Waals surface area contributed by atoms with E-state index in [0.29, 0.717) is 18.4 Å². The van der Waals surface area contributed by atoms with E-state index in [1.807, 2.05) is 0 Å². The first kappa shape index (κ1) is 28.2. The molecule has 0 heterocycles. The van der Waals surface area contributed by atoms with Crippen LogP contribution in [0.4, 0.5) is 0 Å². The number of aliphatic carboxylic acids is 1. The van der Waals surface area contributed by atoms with E-state index in [4.69, 9.17) is 0 Å². The van der Waals surface area contributed by atoms with E-state index in [2.05, 4.69) is 16.0 Å². The van der Waals surface area contributed by atoms with Gasteiger partial charge in [-0.05, 0) is 43.1 Å². The smallest absolute Gasteiger partial charge is 0.326 e. The Morgan fingerprint density at radius 2 is 1.47 bits per heavy atom. The van der Waals surface area contributed by atoms with Crippen LogP contribution in [-0.2, 0) is 35.2 Å². The third kappa shape index (κ3) is 10.9. The average molecular weight is 498 g/mol. The lowest BCUT2D eigenvalue weighted by Crippen LogP contribution is -2.47. The lowest BCUT2D eigenvalue weighted by Gasteiger charge is -2.15. The van der Waals surface area contributed by atoms with Crippen LogP contribution in [0.3, 0.4) is 0 Å². The van der Waals surface area contributed by atoms with Crippen molar-refractivity contribution >= 4 is 35.3 Å². The Morgan fingerprint density at radius 3 is 2.19 bits per heavy atom. The monoisotopic (exact) mass is 497 g/mol. The van der Waals surface area contributed by atoms with Gasteiger partial charge in [-0.25, -0.2) is 4.79 Å². The topological polar surface area (TPSA) is 159 Å². The molecule has 3 amide bonds. The Balaban J connectivity index is 1.55. The second kappa shape index (κ2) is 15.0. The zero-order valence-corrected chi connectivity index (χ0v) is 20.0. The van der Waals surface area contributed by atoms with Crippen LogP contribution in [0.5, 0.6) is 0 Å². The zero-order valence-electron chi connectivity index (χ0n) is 20.0. The normalized spacial score (nSPS) is 13.5. The van der Waals surface area contributed by atoms with E-state index in [1.54, 1.807) is 30.3 Å². The Labute approximate surface area is 209 Å². The molecule has 1 atom stereocenters. The molecule has 0 spiro atoms. The van der Waals surface area contributed by atoms with Gasteiger partial charge < -0.3 is 21.1 Å². The van der Waals surface area contributed by atoms with Gasteiger partial charge in [0.15, 0.2) is 11.6 Å². The fraction of sp³-hybridized carbons (Fsp3) is 0.385. The molecule has 0 unspecified atom stereocenters. The summed E-state index contributed by atoms with van der Waals surface area (Å²) in [5.74, 6) is -3.02. The molecule has 0 radical (unpaired) electrons. The molecule has 192 valence electrons. The van der Waals surface area contributed by atoms with Crippen LogP contribution in [0.25, 0.3) is 0 Å². The summed E-state index contributed by atoms with van der Waals surface area (Å²) >= 11 is 0. The maximum absolute atomic E-state index is 12.0. The van der Waals surface area contributed by atoms with Gasteiger partial charge in [0, 0.05) is 18.4 Å². The minimum atomic E-state index is -1.18. The molecular weight excluding hydrogens is 466 g/mol. The van der Waals surface area contributed by atoms with Crippen molar-refractivity contribution in [3.05, 3.63) is 59.7 Å². The maximum Gasteiger partial charge on any atom is 0.326 e. The van der Waals surface area contributed by atoms with Crippen LogP contribution in [0.1, 0.15) is 44.1 Å². The number of hydrogen-bond donors (Lipinski definition) is 4. The lowest BCUT2D eigenvalue weighted by atomic mass is 9.97. The molecule has 0 bridgehead atoms. The molecule has 0 fully saturated rings. The average Bonchev–Trinajstić information content (AvgIpc) is 2.85. The molecule has 1 aromatic carbocycles. The summed E-state index contributed by atoms with van der Waals surface area (Å²) in [6.45, 7) is -0.704. The quantitative estimate of drug-likeness (QED) is 0.208. The SMILES string of the molecule is O=C1C=CC(=O)C(CCCCCCC(=O)NCC(=O)NCC(=O)N[C@@H](Cc2ccccc2)C(=O)O)=C1. The molecular formula is C26H31N3O7. The van der Waals surface area contributed by atoms with E-state index < -0.39 is 30.4 Å².